The minimum atomic E-state index is -0.231. The van der Waals surface area contributed by atoms with E-state index in [1.54, 1.807) is 12.1 Å². The summed E-state index contributed by atoms with van der Waals surface area (Å²) >= 11 is 11.9. The Hall–Kier alpha value is -0.240. The van der Waals surface area contributed by atoms with Gasteiger partial charge in [0.2, 0.25) is 0 Å². The first kappa shape index (κ1) is 12.8. The zero-order valence-corrected chi connectivity index (χ0v) is 10.4. The zero-order valence-electron chi connectivity index (χ0n) is 8.84. The molecule has 0 bridgehead atoms. The Bertz CT molecular complexity index is 312. The van der Waals surface area contributed by atoms with E-state index in [4.69, 9.17) is 23.2 Å². The summed E-state index contributed by atoms with van der Waals surface area (Å²) in [6.07, 6.45) is 3.14. The van der Waals surface area contributed by atoms with Crippen LogP contribution in [-0.2, 0) is 6.42 Å². The number of hydrogen-bond acceptors (Lipinski definition) is 1. The lowest BCUT2D eigenvalue weighted by Crippen LogP contribution is -2.07. The van der Waals surface area contributed by atoms with Crippen molar-refractivity contribution < 1.29 is 5.11 Å². The smallest absolute Gasteiger partial charge is 0.0543 e. The second kappa shape index (κ2) is 6.37. The highest BCUT2D eigenvalue weighted by atomic mass is 35.5. The van der Waals surface area contributed by atoms with E-state index in [1.807, 2.05) is 6.07 Å². The molecule has 0 aliphatic heterocycles. The lowest BCUT2D eigenvalue weighted by Gasteiger charge is -2.10. The average Bonchev–Trinajstić information content (AvgIpc) is 2.20. The maximum Gasteiger partial charge on any atom is 0.0543 e. The topological polar surface area (TPSA) is 20.2 Å². The third-order valence-corrected chi connectivity index (χ3v) is 2.98. The van der Waals surface area contributed by atoms with Gasteiger partial charge in [-0.05, 0) is 43.0 Å². The minimum Gasteiger partial charge on any atom is -0.393 e. The summed E-state index contributed by atoms with van der Waals surface area (Å²) in [4.78, 5) is 0. The van der Waals surface area contributed by atoms with Crippen molar-refractivity contribution in [1.82, 2.24) is 0 Å². The van der Waals surface area contributed by atoms with Crippen molar-refractivity contribution in [1.29, 1.82) is 0 Å². The Morgan fingerprint density at radius 3 is 2.67 bits per heavy atom. The number of halogens is 2. The van der Waals surface area contributed by atoms with E-state index >= 15 is 0 Å². The molecule has 0 amide bonds. The van der Waals surface area contributed by atoms with Crippen molar-refractivity contribution in [2.24, 2.45) is 0 Å². The molecule has 1 aromatic carbocycles. The van der Waals surface area contributed by atoms with Crippen LogP contribution in [0.2, 0.25) is 10.0 Å². The molecule has 0 saturated carbocycles. The maximum atomic E-state index is 9.59. The molecule has 0 aliphatic rings. The van der Waals surface area contributed by atoms with Crippen LogP contribution in [0.4, 0.5) is 0 Å². The van der Waals surface area contributed by atoms with Gasteiger partial charge < -0.3 is 5.11 Å². The molecular formula is C12H16Cl2O. The van der Waals surface area contributed by atoms with E-state index in [1.165, 1.54) is 0 Å². The molecule has 3 heteroatoms. The van der Waals surface area contributed by atoms with Gasteiger partial charge in [0.15, 0.2) is 0 Å². The van der Waals surface area contributed by atoms with Gasteiger partial charge in [0.25, 0.3) is 0 Å². The lowest BCUT2D eigenvalue weighted by atomic mass is 10.0. The van der Waals surface area contributed by atoms with Crippen LogP contribution in [0.1, 0.15) is 31.7 Å². The van der Waals surface area contributed by atoms with E-state index in [2.05, 4.69) is 6.92 Å². The van der Waals surface area contributed by atoms with Gasteiger partial charge in [0.05, 0.1) is 6.10 Å². The highest BCUT2D eigenvalue weighted by molar-refractivity contribution is 6.33. The van der Waals surface area contributed by atoms with E-state index in [9.17, 15) is 5.11 Å². The molecule has 1 N–H and O–H groups in total. The quantitative estimate of drug-likeness (QED) is 0.830. The zero-order chi connectivity index (χ0) is 11.3. The summed E-state index contributed by atoms with van der Waals surface area (Å²) in [5, 5.41) is 11.0. The molecule has 1 unspecified atom stereocenters. The van der Waals surface area contributed by atoms with Gasteiger partial charge in [-0.1, -0.05) is 36.5 Å². The number of benzene rings is 1. The van der Waals surface area contributed by atoms with Crippen LogP contribution in [0.15, 0.2) is 18.2 Å². The summed E-state index contributed by atoms with van der Waals surface area (Å²) < 4.78 is 0. The highest BCUT2D eigenvalue weighted by Gasteiger charge is 2.06. The van der Waals surface area contributed by atoms with E-state index in [0.717, 1.165) is 36.3 Å². The van der Waals surface area contributed by atoms with Gasteiger partial charge in [-0.3, -0.25) is 0 Å². The summed E-state index contributed by atoms with van der Waals surface area (Å²) in [5.41, 5.74) is 1.01. The summed E-state index contributed by atoms with van der Waals surface area (Å²) in [6, 6.07) is 5.43. The largest absolute Gasteiger partial charge is 0.393 e. The molecule has 1 rings (SSSR count). The van der Waals surface area contributed by atoms with E-state index in [0.29, 0.717) is 5.02 Å². The SMILES string of the molecule is CCCC(O)CCc1cc(Cl)ccc1Cl. The van der Waals surface area contributed by atoms with Crippen molar-refractivity contribution in [3.05, 3.63) is 33.8 Å². The fourth-order valence-corrected chi connectivity index (χ4v) is 1.94. The lowest BCUT2D eigenvalue weighted by molar-refractivity contribution is 0.154. The molecule has 1 atom stereocenters. The van der Waals surface area contributed by atoms with Gasteiger partial charge >= 0.3 is 0 Å². The number of aliphatic hydroxyl groups is 1. The van der Waals surface area contributed by atoms with Gasteiger partial charge in [-0.2, -0.15) is 0 Å². The van der Waals surface area contributed by atoms with Crippen molar-refractivity contribution in [2.75, 3.05) is 0 Å². The Balaban J connectivity index is 2.53. The van der Waals surface area contributed by atoms with Gasteiger partial charge in [-0.15, -0.1) is 0 Å². The molecule has 0 spiro atoms. The average molecular weight is 247 g/mol. The molecule has 15 heavy (non-hydrogen) atoms. The molecule has 1 nitrogen and oxygen atoms in total. The van der Waals surface area contributed by atoms with Gasteiger partial charge in [0, 0.05) is 10.0 Å². The van der Waals surface area contributed by atoms with Gasteiger partial charge in [0.1, 0.15) is 0 Å². The Labute approximate surface area is 101 Å². The first-order valence-electron chi connectivity index (χ1n) is 5.25. The number of aliphatic hydroxyl groups excluding tert-OH is 1. The predicted octanol–water partition coefficient (Wildman–Crippen LogP) is 4.09. The van der Waals surface area contributed by atoms with Gasteiger partial charge in [-0.25, -0.2) is 0 Å². The summed E-state index contributed by atoms with van der Waals surface area (Å²) in [6.45, 7) is 2.07. The molecular weight excluding hydrogens is 231 g/mol. The standard InChI is InChI=1S/C12H16Cl2O/c1-2-3-11(15)6-4-9-8-10(13)5-7-12(9)14/h5,7-8,11,15H,2-4,6H2,1H3. The van der Waals surface area contributed by atoms with Crippen LogP contribution in [0.3, 0.4) is 0 Å². The predicted molar refractivity (Wildman–Crippen MR) is 65.7 cm³/mol. The van der Waals surface area contributed by atoms with Crippen LogP contribution < -0.4 is 0 Å². The van der Waals surface area contributed by atoms with Crippen LogP contribution in [0, 0.1) is 0 Å². The Morgan fingerprint density at radius 2 is 2.00 bits per heavy atom. The molecule has 0 heterocycles. The fourth-order valence-electron chi connectivity index (χ4n) is 1.53. The number of aryl methyl sites for hydroxylation is 1. The Morgan fingerprint density at radius 1 is 1.27 bits per heavy atom. The normalized spacial score (nSPS) is 12.8. The van der Waals surface area contributed by atoms with Crippen molar-refractivity contribution in [3.8, 4) is 0 Å². The number of hydrogen-bond donors (Lipinski definition) is 1. The minimum absolute atomic E-state index is 0.231. The van der Waals surface area contributed by atoms with Crippen molar-refractivity contribution >= 4 is 23.2 Å². The molecule has 0 fully saturated rings. The fraction of sp³-hybridized carbons (Fsp3) is 0.500. The second-order valence-electron chi connectivity index (χ2n) is 3.72. The van der Waals surface area contributed by atoms with Crippen molar-refractivity contribution in [3.63, 3.8) is 0 Å². The van der Waals surface area contributed by atoms with Crippen molar-refractivity contribution in [2.45, 2.75) is 38.7 Å². The summed E-state index contributed by atoms with van der Waals surface area (Å²) in [7, 11) is 0. The first-order valence-corrected chi connectivity index (χ1v) is 6.01. The second-order valence-corrected chi connectivity index (χ2v) is 4.56. The van der Waals surface area contributed by atoms with Crippen LogP contribution >= 0.6 is 23.2 Å². The third-order valence-electron chi connectivity index (χ3n) is 2.38. The van der Waals surface area contributed by atoms with Crippen LogP contribution in [-0.4, -0.2) is 11.2 Å². The monoisotopic (exact) mass is 246 g/mol. The van der Waals surface area contributed by atoms with E-state index in [-0.39, 0.29) is 6.10 Å². The molecule has 0 radical (unpaired) electrons. The van der Waals surface area contributed by atoms with E-state index < -0.39 is 0 Å². The summed E-state index contributed by atoms with van der Waals surface area (Å²) in [5.74, 6) is 0. The molecule has 0 aliphatic carbocycles. The highest BCUT2D eigenvalue weighted by Crippen LogP contribution is 2.22. The molecule has 0 saturated heterocycles. The third kappa shape index (κ3) is 4.42. The number of rotatable bonds is 5. The first-order chi connectivity index (χ1) is 7.13. The molecule has 1 aromatic rings. The van der Waals surface area contributed by atoms with Crippen LogP contribution in [0.25, 0.3) is 0 Å². The maximum absolute atomic E-state index is 9.59. The molecule has 0 aromatic heterocycles. The Kier molecular flexibility index (Phi) is 5.44. The molecule has 84 valence electrons. The van der Waals surface area contributed by atoms with Crippen LogP contribution in [0.5, 0.6) is 0 Å².